The molecule has 2 amide bonds. The predicted octanol–water partition coefficient (Wildman–Crippen LogP) is -0.683. The lowest BCUT2D eigenvalue weighted by atomic mass is 10.1. The van der Waals surface area contributed by atoms with Crippen LogP contribution < -0.4 is 0 Å². The molecule has 10 nitrogen and oxygen atoms in total. The smallest absolute Gasteiger partial charge is 0.329 e. The number of nitrogens with zero attached hydrogens (tertiary/aromatic N) is 4. The molecule has 24 heavy (non-hydrogen) atoms. The molecule has 1 aliphatic heterocycles. The molecule has 1 aromatic rings. The van der Waals surface area contributed by atoms with Crippen molar-refractivity contribution in [3.63, 3.8) is 0 Å². The first-order chi connectivity index (χ1) is 11.2. The Morgan fingerprint density at radius 1 is 1.46 bits per heavy atom. The first kappa shape index (κ1) is 18.4. The van der Waals surface area contributed by atoms with E-state index in [1.54, 1.807) is 0 Å². The summed E-state index contributed by atoms with van der Waals surface area (Å²) in [5, 5.41) is -0.546. The van der Waals surface area contributed by atoms with E-state index < -0.39 is 33.4 Å². The molecular formula is C12H16N4O6S2. The Kier molecular flexibility index (Phi) is 5.30. The standard InChI is InChI=1S/C12H16N4O6S2/c1-14(2)24(20,21)15-5-8(13-7-15)4-9(11(18)22-3)16-10(17)6-23-12(16)19/h5,7,9H,4,6H2,1-3H3. The van der Waals surface area contributed by atoms with Gasteiger partial charge in [-0.3, -0.25) is 14.5 Å². The maximum absolute atomic E-state index is 12.0. The first-order valence-electron chi connectivity index (χ1n) is 6.71. The number of rotatable bonds is 6. The molecule has 1 aliphatic rings. The lowest BCUT2D eigenvalue weighted by molar-refractivity contribution is -0.149. The minimum absolute atomic E-state index is 0.0459. The van der Waals surface area contributed by atoms with Crippen molar-refractivity contribution in [3.05, 3.63) is 18.2 Å². The van der Waals surface area contributed by atoms with Crippen molar-refractivity contribution in [2.75, 3.05) is 27.0 Å². The summed E-state index contributed by atoms with van der Waals surface area (Å²) < 4.78 is 30.6. The maximum Gasteiger partial charge on any atom is 0.329 e. The third kappa shape index (κ3) is 3.44. The molecule has 2 rings (SSSR count). The van der Waals surface area contributed by atoms with Crippen LogP contribution in [0.2, 0.25) is 0 Å². The largest absolute Gasteiger partial charge is 0.467 e. The van der Waals surface area contributed by atoms with Crippen LogP contribution >= 0.6 is 11.8 Å². The van der Waals surface area contributed by atoms with Gasteiger partial charge in [-0.15, -0.1) is 0 Å². The third-order valence-electron chi connectivity index (χ3n) is 3.31. The quantitative estimate of drug-likeness (QED) is 0.599. The van der Waals surface area contributed by atoms with Crippen LogP contribution in [0.15, 0.2) is 12.5 Å². The number of thioether (sulfide) groups is 1. The van der Waals surface area contributed by atoms with Crippen LogP contribution in [0, 0.1) is 0 Å². The van der Waals surface area contributed by atoms with Gasteiger partial charge in [-0.1, -0.05) is 11.8 Å². The van der Waals surface area contributed by atoms with Crippen LogP contribution in [0.1, 0.15) is 5.69 Å². The van der Waals surface area contributed by atoms with Gasteiger partial charge in [0.25, 0.3) is 5.24 Å². The van der Waals surface area contributed by atoms with Gasteiger partial charge < -0.3 is 4.74 Å². The summed E-state index contributed by atoms with van der Waals surface area (Å²) >= 11 is 0.795. The molecule has 1 unspecified atom stereocenters. The molecular weight excluding hydrogens is 360 g/mol. The molecule has 0 bridgehead atoms. The van der Waals surface area contributed by atoms with Gasteiger partial charge in [0.2, 0.25) is 5.91 Å². The number of carbonyl (C=O) groups excluding carboxylic acids is 3. The van der Waals surface area contributed by atoms with Crippen LogP contribution in [0.4, 0.5) is 4.79 Å². The molecule has 0 aliphatic carbocycles. The number of amides is 2. The normalized spacial score (nSPS) is 16.8. The zero-order valence-corrected chi connectivity index (χ0v) is 14.8. The Balaban J connectivity index is 2.29. The van der Waals surface area contributed by atoms with Crippen molar-refractivity contribution >= 4 is 39.1 Å². The number of esters is 1. The molecule has 12 heteroatoms. The maximum atomic E-state index is 12.0. The number of carbonyl (C=O) groups is 3. The van der Waals surface area contributed by atoms with Crippen molar-refractivity contribution in [1.29, 1.82) is 0 Å². The highest BCUT2D eigenvalue weighted by atomic mass is 32.2. The molecule has 2 heterocycles. The van der Waals surface area contributed by atoms with Gasteiger partial charge in [-0.25, -0.2) is 13.8 Å². The molecule has 1 saturated heterocycles. The first-order valence-corrected chi connectivity index (χ1v) is 9.09. The molecule has 1 atom stereocenters. The van der Waals surface area contributed by atoms with Crippen molar-refractivity contribution in [3.8, 4) is 0 Å². The summed E-state index contributed by atoms with van der Waals surface area (Å²) in [7, 11) is 0.135. The van der Waals surface area contributed by atoms with E-state index in [0.29, 0.717) is 0 Å². The number of hydrogen-bond acceptors (Lipinski definition) is 8. The molecule has 0 aromatic carbocycles. The average Bonchev–Trinajstić information content (AvgIpc) is 3.12. The van der Waals surface area contributed by atoms with E-state index in [1.165, 1.54) is 20.3 Å². The van der Waals surface area contributed by atoms with Crippen LogP contribution in [-0.2, 0) is 31.0 Å². The average molecular weight is 376 g/mol. The van der Waals surface area contributed by atoms with Crippen LogP contribution in [-0.4, -0.2) is 76.7 Å². The van der Waals surface area contributed by atoms with E-state index in [0.717, 1.165) is 38.4 Å². The van der Waals surface area contributed by atoms with Gasteiger partial charge in [0.05, 0.1) is 18.6 Å². The van der Waals surface area contributed by atoms with E-state index in [-0.39, 0.29) is 17.9 Å². The van der Waals surface area contributed by atoms with Crippen LogP contribution in [0.3, 0.4) is 0 Å². The Morgan fingerprint density at radius 3 is 2.62 bits per heavy atom. The number of imidazole rings is 1. The summed E-state index contributed by atoms with van der Waals surface area (Å²) in [6.45, 7) is 0. The molecule has 0 saturated carbocycles. The predicted molar refractivity (Wildman–Crippen MR) is 84.4 cm³/mol. The van der Waals surface area contributed by atoms with Crippen molar-refractivity contribution in [2.45, 2.75) is 12.5 Å². The fourth-order valence-corrected chi connectivity index (χ4v) is 3.60. The number of aromatic nitrogens is 2. The molecule has 0 spiro atoms. The fourth-order valence-electron chi connectivity index (χ4n) is 2.04. The third-order valence-corrected chi connectivity index (χ3v) is 5.80. The van der Waals surface area contributed by atoms with Crippen molar-refractivity contribution < 1.29 is 27.5 Å². The highest BCUT2D eigenvalue weighted by molar-refractivity contribution is 8.14. The Labute approximate surface area is 142 Å². The number of ether oxygens (including phenoxy) is 1. The molecule has 0 radical (unpaired) electrons. The number of methoxy groups -OCH3 is 1. The van der Waals surface area contributed by atoms with E-state index in [4.69, 9.17) is 0 Å². The molecule has 1 fully saturated rings. The van der Waals surface area contributed by atoms with E-state index >= 15 is 0 Å². The summed E-state index contributed by atoms with van der Waals surface area (Å²) in [5.41, 5.74) is 0.230. The molecule has 0 N–H and O–H groups in total. The summed E-state index contributed by atoms with van der Waals surface area (Å²) in [5.74, 6) is -1.32. The van der Waals surface area contributed by atoms with Crippen LogP contribution in [0.5, 0.6) is 0 Å². The lowest BCUT2D eigenvalue weighted by Gasteiger charge is -2.22. The van der Waals surface area contributed by atoms with Gasteiger partial charge in [0, 0.05) is 26.7 Å². The Bertz CT molecular complexity index is 756. The fraction of sp³-hybridized carbons (Fsp3) is 0.500. The second-order valence-corrected chi connectivity index (χ2v) is 8.02. The summed E-state index contributed by atoms with van der Waals surface area (Å²) in [6.07, 6.45) is 2.17. The van der Waals surface area contributed by atoms with Gasteiger partial charge in [0.1, 0.15) is 12.4 Å². The molecule has 1 aromatic heterocycles. The SMILES string of the molecule is COC(=O)C(Cc1cn(S(=O)(=O)N(C)C)cn1)N1C(=O)CSC1=O. The summed E-state index contributed by atoms with van der Waals surface area (Å²) in [6, 6.07) is -1.18. The van der Waals surface area contributed by atoms with Gasteiger partial charge in [-0.05, 0) is 0 Å². The van der Waals surface area contributed by atoms with Gasteiger partial charge in [0.15, 0.2) is 0 Å². The Morgan fingerprint density at radius 2 is 2.12 bits per heavy atom. The van der Waals surface area contributed by atoms with E-state index in [9.17, 15) is 22.8 Å². The highest BCUT2D eigenvalue weighted by Crippen LogP contribution is 2.23. The van der Waals surface area contributed by atoms with Crippen molar-refractivity contribution in [2.24, 2.45) is 0 Å². The zero-order valence-electron chi connectivity index (χ0n) is 13.2. The van der Waals surface area contributed by atoms with E-state index in [2.05, 4.69) is 9.72 Å². The highest BCUT2D eigenvalue weighted by Gasteiger charge is 2.40. The number of imide groups is 1. The van der Waals surface area contributed by atoms with Crippen molar-refractivity contribution in [1.82, 2.24) is 18.2 Å². The topological polar surface area (TPSA) is 119 Å². The zero-order chi connectivity index (χ0) is 18.1. The monoisotopic (exact) mass is 376 g/mol. The van der Waals surface area contributed by atoms with E-state index in [1.807, 2.05) is 0 Å². The van der Waals surface area contributed by atoms with Gasteiger partial charge in [-0.2, -0.15) is 12.7 Å². The lowest BCUT2D eigenvalue weighted by Crippen LogP contribution is -2.46. The second-order valence-electron chi connectivity index (χ2n) is 5.05. The minimum atomic E-state index is -3.74. The summed E-state index contributed by atoms with van der Waals surface area (Å²) in [4.78, 5) is 40.4. The minimum Gasteiger partial charge on any atom is -0.467 e. The molecule has 132 valence electrons. The second kappa shape index (κ2) is 6.91. The van der Waals surface area contributed by atoms with Gasteiger partial charge >= 0.3 is 16.2 Å². The number of hydrogen-bond donors (Lipinski definition) is 0. The van der Waals surface area contributed by atoms with Crippen LogP contribution in [0.25, 0.3) is 0 Å². The Hall–Kier alpha value is -1.92.